The summed E-state index contributed by atoms with van der Waals surface area (Å²) in [7, 11) is 1.55. The van der Waals surface area contributed by atoms with Gasteiger partial charge in [-0.25, -0.2) is 4.79 Å². The van der Waals surface area contributed by atoms with E-state index in [9.17, 15) is 9.59 Å². The summed E-state index contributed by atoms with van der Waals surface area (Å²) in [6.45, 7) is 3.41. The summed E-state index contributed by atoms with van der Waals surface area (Å²) in [5, 5.41) is 2.47. The van der Waals surface area contributed by atoms with Gasteiger partial charge in [-0.3, -0.25) is 4.79 Å². The Morgan fingerprint density at radius 2 is 1.79 bits per heavy atom. The van der Waals surface area contributed by atoms with Crippen molar-refractivity contribution in [2.24, 2.45) is 17.8 Å². The second-order valence-electron chi connectivity index (χ2n) is 9.06. The van der Waals surface area contributed by atoms with Crippen LogP contribution in [0.15, 0.2) is 30.3 Å². The number of likely N-dealkylation sites (tertiary alicyclic amines) is 1. The lowest BCUT2D eigenvalue weighted by Crippen LogP contribution is -2.59. The maximum Gasteiger partial charge on any atom is 0.407 e. The highest BCUT2D eigenvalue weighted by atomic mass is 16.6. The van der Waals surface area contributed by atoms with Crippen LogP contribution in [0.4, 0.5) is 4.79 Å². The zero-order valence-electron chi connectivity index (χ0n) is 17.0. The Morgan fingerprint density at radius 1 is 1.14 bits per heavy atom. The Labute approximate surface area is 167 Å². The standard InChI is InChI=1S/C23H32N2O3/c1-16-11-18-9-6-10-19(12-16)23(18,17-7-4-3-5-8-17)13-21(26)25-14-20(15-25)28-22(27)24-2/h3-5,7-8,16,18-20H,6,9-15H2,1-2H3,(H,24,27). The zero-order valence-corrected chi connectivity index (χ0v) is 17.0. The smallest absolute Gasteiger partial charge is 0.407 e. The monoisotopic (exact) mass is 384 g/mol. The van der Waals surface area contributed by atoms with E-state index in [-0.39, 0.29) is 17.4 Å². The molecule has 1 aliphatic heterocycles. The molecular formula is C23H32N2O3. The largest absolute Gasteiger partial charge is 0.442 e. The second kappa shape index (κ2) is 7.76. The normalized spacial score (nSPS) is 32.4. The minimum Gasteiger partial charge on any atom is -0.442 e. The van der Waals surface area contributed by atoms with Gasteiger partial charge in [0, 0.05) is 18.9 Å². The molecule has 5 heteroatoms. The number of carbonyl (C=O) groups excluding carboxylic acids is 2. The lowest BCUT2D eigenvalue weighted by Gasteiger charge is -2.56. The van der Waals surface area contributed by atoms with E-state index in [4.69, 9.17) is 4.74 Å². The number of hydrogen-bond donors (Lipinski definition) is 1. The molecule has 5 nitrogen and oxygen atoms in total. The molecule has 0 aromatic heterocycles. The number of fused-ring (bicyclic) bond motifs is 2. The van der Waals surface area contributed by atoms with Gasteiger partial charge in [-0.05, 0) is 49.0 Å². The fraction of sp³-hybridized carbons (Fsp3) is 0.652. The van der Waals surface area contributed by atoms with Gasteiger partial charge in [-0.1, -0.05) is 43.7 Å². The first-order chi connectivity index (χ1) is 13.5. The van der Waals surface area contributed by atoms with Gasteiger partial charge < -0.3 is 15.0 Å². The first kappa shape index (κ1) is 19.3. The fourth-order valence-electron chi connectivity index (χ4n) is 6.08. The first-order valence-electron chi connectivity index (χ1n) is 10.7. The highest BCUT2D eigenvalue weighted by molar-refractivity contribution is 5.79. The maximum atomic E-state index is 13.3. The highest BCUT2D eigenvalue weighted by Crippen LogP contribution is 2.57. The molecule has 2 amide bonds. The van der Waals surface area contributed by atoms with Gasteiger partial charge in [0.1, 0.15) is 6.10 Å². The molecule has 3 fully saturated rings. The van der Waals surface area contributed by atoms with Crippen molar-refractivity contribution in [2.75, 3.05) is 20.1 Å². The van der Waals surface area contributed by atoms with Gasteiger partial charge in [-0.15, -0.1) is 0 Å². The van der Waals surface area contributed by atoms with Gasteiger partial charge >= 0.3 is 6.09 Å². The number of amides is 2. The molecule has 152 valence electrons. The van der Waals surface area contributed by atoms with Crippen LogP contribution in [-0.2, 0) is 14.9 Å². The van der Waals surface area contributed by atoms with Crippen LogP contribution in [0.3, 0.4) is 0 Å². The van der Waals surface area contributed by atoms with Crippen molar-refractivity contribution < 1.29 is 14.3 Å². The number of benzene rings is 1. The quantitative estimate of drug-likeness (QED) is 0.861. The van der Waals surface area contributed by atoms with E-state index in [2.05, 4.69) is 42.6 Å². The molecule has 4 rings (SSSR count). The first-order valence-corrected chi connectivity index (χ1v) is 10.7. The summed E-state index contributed by atoms with van der Waals surface area (Å²) in [6, 6.07) is 10.8. The third kappa shape index (κ3) is 3.40. The van der Waals surface area contributed by atoms with Gasteiger partial charge in [0.05, 0.1) is 13.1 Å². The van der Waals surface area contributed by atoms with Crippen molar-refractivity contribution in [1.82, 2.24) is 10.2 Å². The van der Waals surface area contributed by atoms with Crippen LogP contribution in [0.25, 0.3) is 0 Å². The Morgan fingerprint density at radius 3 is 2.39 bits per heavy atom. The number of rotatable bonds is 4. The molecule has 2 saturated carbocycles. The van der Waals surface area contributed by atoms with Crippen LogP contribution in [0, 0.1) is 17.8 Å². The van der Waals surface area contributed by atoms with Crippen molar-refractivity contribution in [3.8, 4) is 0 Å². The predicted molar refractivity (Wildman–Crippen MR) is 108 cm³/mol. The van der Waals surface area contributed by atoms with Crippen molar-refractivity contribution in [1.29, 1.82) is 0 Å². The summed E-state index contributed by atoms with van der Waals surface area (Å²) in [5.74, 6) is 2.13. The average Bonchev–Trinajstić information content (AvgIpc) is 2.65. The molecule has 2 aliphatic carbocycles. The Balaban J connectivity index is 1.53. The van der Waals surface area contributed by atoms with Crippen LogP contribution in [0.5, 0.6) is 0 Å². The fourth-order valence-corrected chi connectivity index (χ4v) is 6.08. The van der Waals surface area contributed by atoms with Crippen molar-refractivity contribution in [3.63, 3.8) is 0 Å². The van der Waals surface area contributed by atoms with Crippen LogP contribution < -0.4 is 5.32 Å². The SMILES string of the molecule is CNC(=O)OC1CN(C(=O)CC2(c3ccccc3)C3CCCC2CC(C)C3)C1. The van der Waals surface area contributed by atoms with E-state index in [1.54, 1.807) is 7.05 Å². The van der Waals surface area contributed by atoms with E-state index < -0.39 is 6.09 Å². The molecule has 2 bridgehead atoms. The lowest BCUT2D eigenvalue weighted by molar-refractivity contribution is -0.146. The van der Waals surface area contributed by atoms with Crippen LogP contribution >= 0.6 is 0 Å². The molecule has 1 aromatic rings. The molecule has 1 N–H and O–H groups in total. The van der Waals surface area contributed by atoms with Crippen LogP contribution in [-0.4, -0.2) is 43.1 Å². The summed E-state index contributed by atoms with van der Waals surface area (Å²) >= 11 is 0. The summed E-state index contributed by atoms with van der Waals surface area (Å²) in [5.41, 5.74) is 1.32. The molecule has 0 radical (unpaired) electrons. The lowest BCUT2D eigenvalue weighted by atomic mass is 9.49. The van der Waals surface area contributed by atoms with Gasteiger partial charge in [0.25, 0.3) is 0 Å². The van der Waals surface area contributed by atoms with E-state index in [1.807, 2.05) is 4.90 Å². The molecule has 2 atom stereocenters. The highest BCUT2D eigenvalue weighted by Gasteiger charge is 2.53. The number of alkyl carbamates (subject to hydrolysis) is 1. The molecule has 3 aliphatic rings. The molecule has 2 unspecified atom stereocenters. The predicted octanol–water partition coefficient (Wildman–Crippen LogP) is 3.73. The van der Waals surface area contributed by atoms with Crippen LogP contribution in [0.2, 0.25) is 0 Å². The van der Waals surface area contributed by atoms with E-state index in [0.717, 1.165) is 5.92 Å². The molecule has 1 saturated heterocycles. The third-order valence-electron chi connectivity index (χ3n) is 7.37. The van der Waals surface area contributed by atoms with Gasteiger partial charge in [-0.2, -0.15) is 0 Å². The van der Waals surface area contributed by atoms with Gasteiger partial charge in [0.15, 0.2) is 0 Å². The molecule has 0 spiro atoms. The van der Waals surface area contributed by atoms with E-state index in [0.29, 0.717) is 31.3 Å². The summed E-state index contributed by atoms with van der Waals surface area (Å²) in [6.07, 6.45) is 6.18. The van der Waals surface area contributed by atoms with Crippen molar-refractivity contribution >= 4 is 12.0 Å². The average molecular weight is 385 g/mol. The summed E-state index contributed by atoms with van der Waals surface area (Å²) < 4.78 is 5.26. The van der Waals surface area contributed by atoms with Crippen LogP contribution in [0.1, 0.15) is 51.0 Å². The number of carbonyl (C=O) groups is 2. The third-order valence-corrected chi connectivity index (χ3v) is 7.37. The molecular weight excluding hydrogens is 352 g/mol. The van der Waals surface area contributed by atoms with Crippen molar-refractivity contribution in [2.45, 2.75) is 57.0 Å². The second-order valence-corrected chi connectivity index (χ2v) is 9.06. The minimum absolute atomic E-state index is 0.0319. The zero-order chi connectivity index (χ0) is 19.7. The summed E-state index contributed by atoms with van der Waals surface area (Å²) in [4.78, 5) is 26.5. The Bertz CT molecular complexity index is 700. The van der Waals surface area contributed by atoms with E-state index >= 15 is 0 Å². The van der Waals surface area contributed by atoms with Gasteiger partial charge in [0.2, 0.25) is 5.91 Å². The van der Waals surface area contributed by atoms with Crippen molar-refractivity contribution in [3.05, 3.63) is 35.9 Å². The number of nitrogens with zero attached hydrogens (tertiary/aromatic N) is 1. The molecule has 1 aromatic carbocycles. The molecule has 1 heterocycles. The maximum absolute atomic E-state index is 13.3. The Hall–Kier alpha value is -2.04. The number of nitrogens with one attached hydrogen (secondary N) is 1. The number of ether oxygens (including phenoxy) is 1. The molecule has 28 heavy (non-hydrogen) atoms. The number of hydrogen-bond acceptors (Lipinski definition) is 3. The Kier molecular flexibility index (Phi) is 5.35. The topological polar surface area (TPSA) is 58.6 Å². The minimum atomic E-state index is -0.423. The van der Waals surface area contributed by atoms with E-state index in [1.165, 1.54) is 37.7 Å².